The molecule has 0 fully saturated rings. The second-order valence-corrected chi connectivity index (χ2v) is 3.13. The number of carbonyl (C=O) groups is 1. The van der Waals surface area contributed by atoms with Gasteiger partial charge in [-0.1, -0.05) is 12.1 Å². The molecule has 0 aliphatic carbocycles. The predicted molar refractivity (Wildman–Crippen MR) is 50.6 cm³/mol. The van der Waals surface area contributed by atoms with Gasteiger partial charge in [-0.3, -0.25) is 0 Å². The molecule has 0 saturated heterocycles. The van der Waals surface area contributed by atoms with E-state index in [1.165, 1.54) is 0 Å². The minimum atomic E-state index is -2.99. The number of aliphatic carboxylic acids is 1. The van der Waals surface area contributed by atoms with Crippen molar-refractivity contribution >= 4 is 5.97 Å². The summed E-state index contributed by atoms with van der Waals surface area (Å²) in [7, 11) is 0. The first-order chi connectivity index (χ1) is 7.91. The van der Waals surface area contributed by atoms with Gasteiger partial charge in [-0.25, -0.2) is 9.18 Å². The molecule has 1 rings (SSSR count). The van der Waals surface area contributed by atoms with Gasteiger partial charge in [0.25, 0.3) is 0 Å². The van der Waals surface area contributed by atoms with Crippen LogP contribution in [0.5, 0.6) is 5.75 Å². The number of halogens is 3. The third-order valence-electron chi connectivity index (χ3n) is 1.96. The number of benzene rings is 1. The molecule has 1 aromatic carbocycles. The topological polar surface area (TPSA) is 66.8 Å². The maximum Gasteiger partial charge on any atom is 0.387 e. The second-order valence-electron chi connectivity index (χ2n) is 3.13. The van der Waals surface area contributed by atoms with Crippen LogP contribution in [0.2, 0.25) is 0 Å². The molecule has 0 radical (unpaired) electrons. The van der Waals surface area contributed by atoms with Crippen LogP contribution in [0.15, 0.2) is 24.3 Å². The molecule has 2 atom stereocenters. The summed E-state index contributed by atoms with van der Waals surface area (Å²) < 4.78 is 40.6. The normalized spacial score (nSPS) is 14.4. The third kappa shape index (κ3) is 3.63. The summed E-state index contributed by atoms with van der Waals surface area (Å²) in [6.45, 7) is -2.99. The van der Waals surface area contributed by atoms with Crippen molar-refractivity contribution in [1.29, 1.82) is 0 Å². The Labute approximate surface area is 94.3 Å². The number of ether oxygens (including phenoxy) is 1. The molecule has 17 heavy (non-hydrogen) atoms. The van der Waals surface area contributed by atoms with Crippen LogP contribution in [0, 0.1) is 0 Å². The summed E-state index contributed by atoms with van der Waals surface area (Å²) in [6.07, 6.45) is -4.33. The maximum absolute atomic E-state index is 12.9. The number of carboxylic acids is 1. The molecule has 0 spiro atoms. The molecule has 0 aliphatic heterocycles. The Bertz CT molecular complexity index is 380. The molecule has 7 heteroatoms. The van der Waals surface area contributed by atoms with E-state index in [4.69, 9.17) is 5.11 Å². The van der Waals surface area contributed by atoms with Crippen molar-refractivity contribution < 1.29 is 32.9 Å². The number of aliphatic hydroxyl groups excluding tert-OH is 1. The fourth-order valence-corrected chi connectivity index (χ4v) is 1.15. The van der Waals surface area contributed by atoms with E-state index in [0.29, 0.717) is 0 Å². The lowest BCUT2D eigenvalue weighted by molar-refractivity contribution is -0.147. The Balaban J connectivity index is 2.76. The van der Waals surface area contributed by atoms with E-state index in [9.17, 15) is 23.1 Å². The lowest BCUT2D eigenvalue weighted by atomic mass is 10.1. The largest absolute Gasteiger partial charge is 0.479 e. The third-order valence-corrected chi connectivity index (χ3v) is 1.96. The van der Waals surface area contributed by atoms with Crippen LogP contribution >= 0.6 is 0 Å². The van der Waals surface area contributed by atoms with E-state index in [2.05, 4.69) is 4.74 Å². The van der Waals surface area contributed by atoms with Crippen LogP contribution in [-0.4, -0.2) is 29.0 Å². The number of rotatable bonds is 5. The number of alkyl halides is 3. The average Bonchev–Trinajstić information content (AvgIpc) is 2.27. The zero-order valence-electron chi connectivity index (χ0n) is 8.39. The quantitative estimate of drug-likeness (QED) is 0.835. The minimum absolute atomic E-state index is 0.0403. The van der Waals surface area contributed by atoms with Gasteiger partial charge < -0.3 is 14.9 Å². The summed E-state index contributed by atoms with van der Waals surface area (Å²) in [5, 5.41) is 17.6. The van der Waals surface area contributed by atoms with Gasteiger partial charge in [0.2, 0.25) is 6.17 Å². The van der Waals surface area contributed by atoms with E-state index >= 15 is 0 Å². The lowest BCUT2D eigenvalue weighted by Crippen LogP contribution is -2.23. The van der Waals surface area contributed by atoms with Crippen molar-refractivity contribution in [1.82, 2.24) is 0 Å². The molecule has 0 heterocycles. The molecular weight excluding hydrogens is 241 g/mol. The van der Waals surface area contributed by atoms with Crippen LogP contribution in [0.25, 0.3) is 0 Å². The Kier molecular flexibility index (Phi) is 4.33. The van der Waals surface area contributed by atoms with Crippen molar-refractivity contribution in [2.75, 3.05) is 0 Å². The predicted octanol–water partition coefficient (Wildman–Crippen LogP) is 1.74. The van der Waals surface area contributed by atoms with E-state index < -0.39 is 24.9 Å². The Morgan fingerprint density at radius 2 is 1.71 bits per heavy atom. The Morgan fingerprint density at radius 3 is 2.12 bits per heavy atom. The average molecular weight is 250 g/mol. The van der Waals surface area contributed by atoms with Crippen LogP contribution in [0.3, 0.4) is 0 Å². The highest BCUT2D eigenvalue weighted by Gasteiger charge is 2.27. The van der Waals surface area contributed by atoms with E-state index in [0.717, 1.165) is 24.3 Å². The number of aliphatic hydroxyl groups is 1. The molecule has 0 aromatic heterocycles. The first kappa shape index (κ1) is 13.3. The summed E-state index contributed by atoms with van der Waals surface area (Å²) in [6, 6.07) is 4.38. The summed E-state index contributed by atoms with van der Waals surface area (Å²) in [5.41, 5.74) is -0.0403. The summed E-state index contributed by atoms with van der Waals surface area (Å²) in [5.74, 6) is -1.97. The number of carboxylic acid groups (broad SMARTS) is 1. The minimum Gasteiger partial charge on any atom is -0.479 e. The van der Waals surface area contributed by atoms with Gasteiger partial charge in [0.1, 0.15) is 11.9 Å². The molecule has 0 aliphatic rings. The van der Waals surface area contributed by atoms with E-state index in [-0.39, 0.29) is 11.3 Å². The van der Waals surface area contributed by atoms with Crippen molar-refractivity contribution in [3.8, 4) is 5.75 Å². The van der Waals surface area contributed by atoms with Gasteiger partial charge in [0.15, 0.2) is 0 Å². The standard InChI is InChI=1S/C10H9F3O4/c11-7(9(15)16)8(14)5-1-3-6(4-2-5)17-10(12)13/h1-4,7-8,10,14H,(H,15,16). The van der Waals surface area contributed by atoms with Crippen molar-refractivity contribution in [3.05, 3.63) is 29.8 Å². The molecule has 2 N–H and O–H groups in total. The molecule has 2 unspecified atom stereocenters. The van der Waals surface area contributed by atoms with Crippen LogP contribution in [0.4, 0.5) is 13.2 Å². The maximum atomic E-state index is 12.9. The van der Waals surface area contributed by atoms with Crippen molar-refractivity contribution in [2.24, 2.45) is 0 Å². The fraction of sp³-hybridized carbons (Fsp3) is 0.300. The number of hydrogen-bond donors (Lipinski definition) is 2. The van der Waals surface area contributed by atoms with Gasteiger partial charge in [-0.2, -0.15) is 8.78 Å². The molecule has 1 aromatic rings. The molecular formula is C10H9F3O4. The zero-order chi connectivity index (χ0) is 13.0. The first-order valence-corrected chi connectivity index (χ1v) is 4.51. The monoisotopic (exact) mass is 250 g/mol. The number of hydrogen-bond acceptors (Lipinski definition) is 3. The highest BCUT2D eigenvalue weighted by Crippen LogP contribution is 2.23. The molecule has 0 saturated carbocycles. The van der Waals surface area contributed by atoms with Gasteiger partial charge in [-0.15, -0.1) is 0 Å². The van der Waals surface area contributed by atoms with Gasteiger partial charge in [-0.05, 0) is 17.7 Å². The van der Waals surface area contributed by atoms with Gasteiger partial charge in [0.05, 0.1) is 0 Å². The van der Waals surface area contributed by atoms with Gasteiger partial charge in [0, 0.05) is 0 Å². The van der Waals surface area contributed by atoms with Crippen LogP contribution in [-0.2, 0) is 4.79 Å². The highest BCUT2D eigenvalue weighted by molar-refractivity contribution is 5.73. The zero-order valence-corrected chi connectivity index (χ0v) is 8.39. The van der Waals surface area contributed by atoms with E-state index in [1.807, 2.05) is 0 Å². The van der Waals surface area contributed by atoms with Crippen molar-refractivity contribution in [3.63, 3.8) is 0 Å². The fourth-order valence-electron chi connectivity index (χ4n) is 1.15. The highest BCUT2D eigenvalue weighted by atomic mass is 19.3. The van der Waals surface area contributed by atoms with Gasteiger partial charge >= 0.3 is 12.6 Å². The SMILES string of the molecule is O=C(O)C(F)C(O)c1ccc(OC(F)F)cc1. The van der Waals surface area contributed by atoms with Crippen LogP contribution < -0.4 is 4.74 Å². The molecule has 4 nitrogen and oxygen atoms in total. The molecule has 0 amide bonds. The van der Waals surface area contributed by atoms with E-state index in [1.54, 1.807) is 0 Å². The Hall–Kier alpha value is -1.76. The molecule has 0 bridgehead atoms. The first-order valence-electron chi connectivity index (χ1n) is 4.51. The summed E-state index contributed by atoms with van der Waals surface area (Å²) >= 11 is 0. The summed E-state index contributed by atoms with van der Waals surface area (Å²) in [4.78, 5) is 10.3. The van der Waals surface area contributed by atoms with Crippen LogP contribution in [0.1, 0.15) is 11.7 Å². The second kappa shape index (κ2) is 5.53. The Morgan fingerprint density at radius 1 is 1.18 bits per heavy atom. The van der Waals surface area contributed by atoms with Crippen molar-refractivity contribution in [2.45, 2.75) is 18.9 Å². The lowest BCUT2D eigenvalue weighted by Gasteiger charge is -2.13. The molecule has 94 valence electrons. The smallest absolute Gasteiger partial charge is 0.387 e.